The quantitative estimate of drug-likeness (QED) is 0.452. The summed E-state index contributed by atoms with van der Waals surface area (Å²) >= 11 is 3.76. The first kappa shape index (κ1) is 11.7. The van der Waals surface area contributed by atoms with Gasteiger partial charge in [-0.1, -0.05) is 6.92 Å². The average molecular weight is 193 g/mol. The van der Waals surface area contributed by atoms with Crippen molar-refractivity contribution < 1.29 is 15.0 Å². The molecule has 0 aromatic carbocycles. The molecule has 0 amide bonds. The molecule has 0 aliphatic rings. The first-order valence-corrected chi connectivity index (χ1v) is 4.31. The number of rotatable bonds is 5. The van der Waals surface area contributed by atoms with E-state index in [1.807, 2.05) is 0 Å². The molecule has 0 spiro atoms. The summed E-state index contributed by atoms with van der Waals surface area (Å²) < 4.78 is 0. The molecule has 0 saturated carbocycles. The standard InChI is InChI=1S/C7H15NO3S/c1-4(2-3-8)5(9)6(12)7(10)11/h4-6,9,12H,2-3,8H2,1H3,(H,10,11)/t4?,5-,6?/m0/s1. The van der Waals surface area contributed by atoms with E-state index in [-0.39, 0.29) is 5.92 Å². The van der Waals surface area contributed by atoms with Gasteiger partial charge in [0.1, 0.15) is 5.25 Å². The van der Waals surface area contributed by atoms with E-state index in [9.17, 15) is 9.90 Å². The van der Waals surface area contributed by atoms with E-state index in [2.05, 4.69) is 12.6 Å². The minimum absolute atomic E-state index is 0.131. The highest BCUT2D eigenvalue weighted by molar-refractivity contribution is 7.81. The van der Waals surface area contributed by atoms with Gasteiger partial charge in [0.15, 0.2) is 0 Å². The third-order valence-electron chi connectivity index (χ3n) is 1.78. The molecule has 0 bridgehead atoms. The highest BCUT2D eigenvalue weighted by Crippen LogP contribution is 2.14. The van der Waals surface area contributed by atoms with Crippen molar-refractivity contribution in [2.45, 2.75) is 24.7 Å². The van der Waals surface area contributed by atoms with Crippen molar-refractivity contribution in [1.82, 2.24) is 0 Å². The van der Waals surface area contributed by atoms with Crippen LogP contribution in [0.15, 0.2) is 0 Å². The van der Waals surface area contributed by atoms with Gasteiger partial charge >= 0.3 is 5.97 Å². The third kappa shape index (κ3) is 3.42. The van der Waals surface area contributed by atoms with Gasteiger partial charge in [-0.3, -0.25) is 4.79 Å². The number of carboxylic acids is 1. The van der Waals surface area contributed by atoms with Gasteiger partial charge in [-0.2, -0.15) is 12.6 Å². The van der Waals surface area contributed by atoms with E-state index in [0.29, 0.717) is 13.0 Å². The van der Waals surface area contributed by atoms with Crippen LogP contribution < -0.4 is 5.73 Å². The zero-order chi connectivity index (χ0) is 9.72. The van der Waals surface area contributed by atoms with Crippen molar-refractivity contribution in [3.63, 3.8) is 0 Å². The lowest BCUT2D eigenvalue weighted by molar-refractivity contribution is -0.139. The normalized spacial score (nSPS) is 18.3. The summed E-state index contributed by atoms with van der Waals surface area (Å²) in [7, 11) is 0. The summed E-state index contributed by atoms with van der Waals surface area (Å²) in [6.45, 7) is 2.20. The summed E-state index contributed by atoms with van der Waals surface area (Å²) in [5, 5.41) is 16.9. The van der Waals surface area contributed by atoms with Crippen LogP contribution in [0.5, 0.6) is 0 Å². The molecule has 0 aromatic heterocycles. The number of thiol groups is 1. The molecule has 4 N–H and O–H groups in total. The van der Waals surface area contributed by atoms with Crippen LogP contribution in [0.4, 0.5) is 0 Å². The van der Waals surface area contributed by atoms with E-state index in [1.165, 1.54) is 0 Å². The number of hydrogen-bond donors (Lipinski definition) is 4. The summed E-state index contributed by atoms with van der Waals surface area (Å²) in [6, 6.07) is 0. The minimum atomic E-state index is -1.10. The maximum atomic E-state index is 10.4. The van der Waals surface area contributed by atoms with Crippen molar-refractivity contribution in [2.75, 3.05) is 6.54 Å². The fourth-order valence-electron chi connectivity index (χ4n) is 0.891. The van der Waals surface area contributed by atoms with Crippen LogP contribution in [0.25, 0.3) is 0 Å². The second-order valence-electron chi connectivity index (χ2n) is 2.83. The molecule has 0 aliphatic carbocycles. The molecule has 0 radical (unpaired) electrons. The van der Waals surface area contributed by atoms with Gasteiger partial charge in [0.05, 0.1) is 6.10 Å². The third-order valence-corrected chi connectivity index (χ3v) is 2.31. The molecule has 3 atom stereocenters. The van der Waals surface area contributed by atoms with E-state index in [0.717, 1.165) is 0 Å². The Morgan fingerprint density at radius 3 is 2.50 bits per heavy atom. The topological polar surface area (TPSA) is 83.5 Å². The Labute approximate surface area is 77.2 Å². The number of nitrogens with two attached hydrogens (primary N) is 1. The molecule has 4 nitrogen and oxygen atoms in total. The second-order valence-corrected chi connectivity index (χ2v) is 3.38. The molecule has 0 aromatic rings. The molecule has 72 valence electrons. The molecule has 0 heterocycles. The molecule has 0 fully saturated rings. The lowest BCUT2D eigenvalue weighted by Crippen LogP contribution is -2.35. The number of carbonyl (C=O) groups is 1. The Kier molecular flexibility index (Phi) is 5.28. The molecule has 0 rings (SSSR count). The Bertz CT molecular complexity index is 154. The first-order chi connectivity index (χ1) is 5.50. The summed E-state index contributed by atoms with van der Waals surface area (Å²) in [5.41, 5.74) is 5.26. The Balaban J connectivity index is 3.99. The number of hydrogen-bond acceptors (Lipinski definition) is 4. The molecular weight excluding hydrogens is 178 g/mol. The van der Waals surface area contributed by atoms with Gasteiger partial charge in [0.2, 0.25) is 0 Å². The van der Waals surface area contributed by atoms with E-state index in [4.69, 9.17) is 10.8 Å². The molecule has 2 unspecified atom stereocenters. The van der Waals surface area contributed by atoms with Gasteiger partial charge in [-0.05, 0) is 18.9 Å². The SMILES string of the molecule is CC(CCN)[C@H](O)C(S)C(=O)O. The first-order valence-electron chi connectivity index (χ1n) is 3.79. The fraction of sp³-hybridized carbons (Fsp3) is 0.857. The molecule has 0 saturated heterocycles. The number of aliphatic carboxylic acids is 1. The largest absolute Gasteiger partial charge is 0.480 e. The lowest BCUT2D eigenvalue weighted by atomic mass is 9.98. The van der Waals surface area contributed by atoms with Crippen LogP contribution in [-0.4, -0.2) is 34.1 Å². The van der Waals surface area contributed by atoms with Crippen molar-refractivity contribution in [1.29, 1.82) is 0 Å². The number of aliphatic hydroxyl groups excluding tert-OH is 1. The van der Waals surface area contributed by atoms with Crippen LogP contribution in [0, 0.1) is 5.92 Å². The van der Waals surface area contributed by atoms with Gasteiger partial charge < -0.3 is 15.9 Å². The minimum Gasteiger partial charge on any atom is -0.480 e. The Hall–Kier alpha value is -0.260. The van der Waals surface area contributed by atoms with Gasteiger partial charge in [0, 0.05) is 0 Å². The molecule has 5 heteroatoms. The maximum Gasteiger partial charge on any atom is 0.319 e. The van der Waals surface area contributed by atoms with Crippen molar-refractivity contribution in [3.8, 4) is 0 Å². The van der Waals surface area contributed by atoms with Crippen molar-refractivity contribution in [3.05, 3.63) is 0 Å². The molecular formula is C7H15NO3S. The molecule has 12 heavy (non-hydrogen) atoms. The maximum absolute atomic E-state index is 10.4. The van der Waals surface area contributed by atoms with E-state index in [1.54, 1.807) is 6.92 Å². The fourth-order valence-corrected chi connectivity index (χ4v) is 1.18. The van der Waals surface area contributed by atoms with Crippen molar-refractivity contribution >= 4 is 18.6 Å². The van der Waals surface area contributed by atoms with Crippen LogP contribution in [-0.2, 0) is 4.79 Å². The number of carboxylic acid groups (broad SMARTS) is 1. The van der Waals surface area contributed by atoms with Crippen LogP contribution in [0.2, 0.25) is 0 Å². The monoisotopic (exact) mass is 193 g/mol. The average Bonchev–Trinajstić information content (AvgIpc) is 2.02. The summed E-state index contributed by atoms with van der Waals surface area (Å²) in [4.78, 5) is 10.4. The highest BCUT2D eigenvalue weighted by atomic mass is 32.1. The Morgan fingerprint density at radius 1 is 1.67 bits per heavy atom. The van der Waals surface area contributed by atoms with E-state index < -0.39 is 17.3 Å². The predicted octanol–water partition coefficient (Wildman–Crippen LogP) is -0.285. The van der Waals surface area contributed by atoms with Gasteiger partial charge in [-0.25, -0.2) is 0 Å². The van der Waals surface area contributed by atoms with Gasteiger partial charge in [-0.15, -0.1) is 0 Å². The predicted molar refractivity (Wildman–Crippen MR) is 49.3 cm³/mol. The zero-order valence-corrected chi connectivity index (χ0v) is 7.87. The summed E-state index contributed by atoms with van der Waals surface area (Å²) in [6.07, 6.45) is -0.333. The Morgan fingerprint density at radius 2 is 2.17 bits per heavy atom. The van der Waals surface area contributed by atoms with Gasteiger partial charge in [0.25, 0.3) is 0 Å². The van der Waals surface area contributed by atoms with Crippen LogP contribution in [0.1, 0.15) is 13.3 Å². The summed E-state index contributed by atoms with van der Waals surface area (Å²) in [5.74, 6) is -1.23. The number of aliphatic hydroxyl groups is 1. The molecule has 0 aliphatic heterocycles. The second kappa shape index (κ2) is 5.40. The lowest BCUT2D eigenvalue weighted by Gasteiger charge is -2.20. The van der Waals surface area contributed by atoms with E-state index >= 15 is 0 Å². The van der Waals surface area contributed by atoms with Crippen molar-refractivity contribution in [2.24, 2.45) is 11.7 Å². The smallest absolute Gasteiger partial charge is 0.319 e. The zero-order valence-electron chi connectivity index (χ0n) is 6.97. The van der Waals surface area contributed by atoms with Crippen LogP contribution in [0.3, 0.4) is 0 Å². The highest BCUT2D eigenvalue weighted by Gasteiger charge is 2.26. The van der Waals surface area contributed by atoms with Crippen LogP contribution >= 0.6 is 12.6 Å².